The van der Waals surface area contributed by atoms with Gasteiger partial charge in [0, 0.05) is 17.4 Å². The minimum atomic E-state index is -3.89. The van der Waals surface area contributed by atoms with Gasteiger partial charge in [-0.25, -0.2) is 8.42 Å². The normalized spacial score (nSPS) is 24.1. The molecule has 160 valence electrons. The quantitative estimate of drug-likeness (QED) is 0.746. The van der Waals surface area contributed by atoms with Crippen molar-refractivity contribution >= 4 is 10.0 Å². The Morgan fingerprint density at radius 3 is 2.39 bits per heavy atom. The molecule has 2 aliphatic rings. The summed E-state index contributed by atoms with van der Waals surface area (Å²) < 4.78 is 27.7. The third kappa shape index (κ3) is 4.00. The second-order valence-electron chi connectivity index (χ2n) is 8.32. The Hall–Kier alpha value is -2.64. The zero-order valence-electron chi connectivity index (χ0n) is 17.5. The van der Waals surface area contributed by atoms with E-state index < -0.39 is 22.1 Å². The lowest BCUT2D eigenvalue weighted by Crippen LogP contribution is -2.65. The molecule has 2 fully saturated rings. The van der Waals surface area contributed by atoms with Crippen molar-refractivity contribution in [1.29, 1.82) is 5.26 Å². The fraction of sp³-hybridized carbons (Fsp3) is 0.400. The summed E-state index contributed by atoms with van der Waals surface area (Å²) in [5, 5.41) is 19.8. The highest BCUT2D eigenvalue weighted by Gasteiger charge is 2.55. The summed E-state index contributed by atoms with van der Waals surface area (Å²) in [6.07, 6.45) is 4.83. The van der Waals surface area contributed by atoms with E-state index in [9.17, 15) is 18.8 Å². The molecule has 5 nitrogen and oxygen atoms in total. The molecule has 1 heterocycles. The van der Waals surface area contributed by atoms with E-state index in [4.69, 9.17) is 0 Å². The van der Waals surface area contributed by atoms with Crippen molar-refractivity contribution < 1.29 is 13.5 Å². The first-order valence-corrected chi connectivity index (χ1v) is 12.1. The zero-order chi connectivity index (χ0) is 22.0. The van der Waals surface area contributed by atoms with Gasteiger partial charge in [0.2, 0.25) is 10.0 Å². The summed E-state index contributed by atoms with van der Waals surface area (Å²) in [6, 6.07) is 14.9. The third-order valence-corrected chi connectivity index (χ3v) is 8.46. The summed E-state index contributed by atoms with van der Waals surface area (Å²) >= 11 is 0. The second kappa shape index (κ2) is 8.85. The van der Waals surface area contributed by atoms with E-state index >= 15 is 0 Å². The summed E-state index contributed by atoms with van der Waals surface area (Å²) in [5.74, 6) is 6.66. The molecule has 0 radical (unpaired) electrons. The van der Waals surface area contributed by atoms with Gasteiger partial charge in [-0.05, 0) is 49.1 Å². The van der Waals surface area contributed by atoms with Gasteiger partial charge in [-0.15, -0.1) is 0 Å². The van der Waals surface area contributed by atoms with Crippen molar-refractivity contribution in [3.8, 4) is 17.9 Å². The highest BCUT2D eigenvalue weighted by atomic mass is 32.2. The number of aliphatic hydroxyl groups excluding tert-OH is 1. The van der Waals surface area contributed by atoms with Crippen LogP contribution in [0.4, 0.5) is 0 Å². The average Bonchev–Trinajstić information content (AvgIpc) is 3.27. The van der Waals surface area contributed by atoms with E-state index in [1.807, 2.05) is 24.3 Å². The van der Waals surface area contributed by atoms with Gasteiger partial charge in [-0.3, -0.25) is 0 Å². The molecule has 31 heavy (non-hydrogen) atoms. The number of aliphatic hydroxyl groups is 1. The van der Waals surface area contributed by atoms with Crippen LogP contribution in [0.2, 0.25) is 0 Å². The maximum atomic E-state index is 13.3. The molecule has 1 saturated heterocycles. The molecule has 3 atom stereocenters. The molecule has 0 amide bonds. The Morgan fingerprint density at radius 2 is 1.77 bits per heavy atom. The van der Waals surface area contributed by atoms with Gasteiger partial charge < -0.3 is 5.11 Å². The summed E-state index contributed by atoms with van der Waals surface area (Å²) in [5.41, 5.74) is 2.37. The minimum Gasteiger partial charge on any atom is -0.395 e. The molecule has 2 aromatic rings. The Labute approximate surface area is 184 Å². The molecule has 4 rings (SSSR count). The maximum absolute atomic E-state index is 13.3. The van der Waals surface area contributed by atoms with Crippen molar-refractivity contribution in [3.63, 3.8) is 0 Å². The lowest BCUT2D eigenvalue weighted by Gasteiger charge is -2.50. The molecule has 6 heteroatoms. The van der Waals surface area contributed by atoms with Crippen LogP contribution in [0.5, 0.6) is 0 Å². The molecule has 0 unspecified atom stereocenters. The summed E-state index contributed by atoms with van der Waals surface area (Å²) in [4.78, 5) is 0.171. The first kappa shape index (κ1) is 21.6. The summed E-state index contributed by atoms with van der Waals surface area (Å²) in [6.45, 7) is 1.38. The van der Waals surface area contributed by atoms with Crippen molar-refractivity contribution in [1.82, 2.24) is 4.31 Å². The molecule has 0 aromatic heterocycles. The Bertz CT molecular complexity index is 1150. The highest BCUT2D eigenvalue weighted by Crippen LogP contribution is 2.44. The van der Waals surface area contributed by atoms with Crippen molar-refractivity contribution in [2.24, 2.45) is 5.92 Å². The van der Waals surface area contributed by atoms with Crippen LogP contribution in [0.15, 0.2) is 53.4 Å². The van der Waals surface area contributed by atoms with Gasteiger partial charge in [0.15, 0.2) is 0 Å². The Kier molecular flexibility index (Phi) is 6.16. The molecule has 1 N–H and O–H groups in total. The summed E-state index contributed by atoms with van der Waals surface area (Å²) in [7, 11) is -3.89. The molecule has 0 spiro atoms. The molecule has 1 saturated carbocycles. The van der Waals surface area contributed by atoms with E-state index in [-0.39, 0.29) is 17.4 Å². The van der Waals surface area contributed by atoms with E-state index in [0.29, 0.717) is 11.5 Å². The number of sulfonamides is 1. The van der Waals surface area contributed by atoms with Crippen LogP contribution in [-0.2, 0) is 10.0 Å². The lowest BCUT2D eigenvalue weighted by atomic mass is 9.78. The first-order valence-electron chi connectivity index (χ1n) is 10.7. The number of hydrogen-bond donors (Lipinski definition) is 1. The number of nitriles is 1. The van der Waals surface area contributed by atoms with Crippen LogP contribution in [0.1, 0.15) is 48.3 Å². The van der Waals surface area contributed by atoms with Crippen molar-refractivity contribution in [2.45, 2.75) is 55.5 Å². The zero-order valence-corrected chi connectivity index (χ0v) is 18.3. The van der Waals surface area contributed by atoms with Crippen molar-refractivity contribution in [3.05, 3.63) is 65.2 Å². The van der Waals surface area contributed by atoms with E-state index in [2.05, 4.69) is 17.9 Å². The minimum absolute atomic E-state index is 0.171. The Morgan fingerprint density at radius 1 is 1.10 bits per heavy atom. The molecular formula is C25H26N2O3S. The molecule has 1 aliphatic carbocycles. The SMILES string of the molecule is Cc1ccccc1S(=O)(=O)N1[C@H](C#N)[C@@H](c2ccc(C#CC3CCCC3)cc2)[C@@H]1CO. The van der Waals surface area contributed by atoms with E-state index in [1.165, 1.54) is 25.7 Å². The van der Waals surface area contributed by atoms with E-state index in [1.54, 1.807) is 31.2 Å². The predicted molar refractivity (Wildman–Crippen MR) is 118 cm³/mol. The lowest BCUT2D eigenvalue weighted by molar-refractivity contribution is 0.0556. The topological polar surface area (TPSA) is 81.4 Å². The van der Waals surface area contributed by atoms with Crippen LogP contribution < -0.4 is 0 Å². The van der Waals surface area contributed by atoms with Crippen molar-refractivity contribution in [2.75, 3.05) is 6.61 Å². The van der Waals surface area contributed by atoms with Gasteiger partial charge in [-0.2, -0.15) is 9.57 Å². The van der Waals surface area contributed by atoms with Gasteiger partial charge in [0.25, 0.3) is 0 Å². The van der Waals surface area contributed by atoms with Crippen LogP contribution >= 0.6 is 0 Å². The van der Waals surface area contributed by atoms with Crippen LogP contribution in [-0.4, -0.2) is 36.5 Å². The third-order valence-electron chi connectivity index (χ3n) is 6.40. The molecule has 0 bridgehead atoms. The smallest absolute Gasteiger partial charge is 0.244 e. The molecule has 1 aliphatic heterocycles. The predicted octanol–water partition coefficient (Wildman–Crippen LogP) is 3.58. The standard InChI is InChI=1S/C25H26N2O3S/c1-18-6-2-5-9-24(18)31(29,30)27-22(16-26)25(23(27)17-28)21-14-12-20(13-15-21)11-10-19-7-3-4-8-19/h2,5-6,9,12-15,19,22-23,25,28H,3-4,7-8,17H2,1H3/t22-,23+,25-/m1/s1. The molecular weight excluding hydrogens is 408 g/mol. The van der Waals surface area contributed by atoms with E-state index in [0.717, 1.165) is 15.4 Å². The number of nitrogens with zero attached hydrogens (tertiary/aromatic N) is 2. The Balaban J connectivity index is 1.58. The monoisotopic (exact) mass is 434 g/mol. The van der Waals surface area contributed by atoms with Gasteiger partial charge in [0.05, 0.1) is 23.6 Å². The van der Waals surface area contributed by atoms with Crippen LogP contribution in [0.3, 0.4) is 0 Å². The number of benzene rings is 2. The van der Waals surface area contributed by atoms with Gasteiger partial charge >= 0.3 is 0 Å². The van der Waals surface area contributed by atoms with Crippen LogP contribution in [0, 0.1) is 36.0 Å². The van der Waals surface area contributed by atoms with Gasteiger partial charge in [0.1, 0.15) is 6.04 Å². The fourth-order valence-electron chi connectivity index (χ4n) is 4.70. The van der Waals surface area contributed by atoms with Crippen LogP contribution in [0.25, 0.3) is 0 Å². The second-order valence-corrected chi connectivity index (χ2v) is 10.1. The first-order chi connectivity index (χ1) is 15.0. The molecule has 2 aromatic carbocycles. The number of hydrogen-bond acceptors (Lipinski definition) is 4. The maximum Gasteiger partial charge on any atom is 0.244 e. The van der Waals surface area contributed by atoms with Gasteiger partial charge in [-0.1, -0.05) is 55.0 Å². The number of rotatable bonds is 4. The fourth-order valence-corrected chi connectivity index (χ4v) is 6.68. The largest absolute Gasteiger partial charge is 0.395 e. The average molecular weight is 435 g/mol. The number of aryl methyl sites for hydroxylation is 1. The highest BCUT2D eigenvalue weighted by molar-refractivity contribution is 7.89.